The van der Waals surface area contributed by atoms with E-state index >= 15 is 0 Å². The maximum absolute atomic E-state index is 13.0. The summed E-state index contributed by atoms with van der Waals surface area (Å²) in [5.41, 5.74) is 5.16. The number of rotatable bonds is 4. The third-order valence-electron chi connectivity index (χ3n) is 2.29. The summed E-state index contributed by atoms with van der Waals surface area (Å²) in [5.74, 6) is -0.632. The fourth-order valence-electron chi connectivity index (χ4n) is 1.35. The zero-order valence-corrected chi connectivity index (χ0v) is 10.9. The molecule has 0 aliphatic heterocycles. The van der Waals surface area contributed by atoms with Crippen LogP contribution < -0.4 is 10.5 Å². The quantitative estimate of drug-likeness (QED) is 0.844. The zero-order valence-electron chi connectivity index (χ0n) is 9.26. The Morgan fingerprint density at radius 3 is 2.72 bits per heavy atom. The van der Waals surface area contributed by atoms with Crippen molar-refractivity contribution in [1.29, 1.82) is 0 Å². The van der Waals surface area contributed by atoms with Gasteiger partial charge in [-0.05, 0) is 29.6 Å². The molecule has 1 aromatic heterocycles. The fraction of sp³-hybridized carbons (Fsp3) is 0.0909. The Hall–Kier alpha value is -1.44. The van der Waals surface area contributed by atoms with Crippen LogP contribution in [0.4, 0.5) is 10.1 Å². The van der Waals surface area contributed by atoms with Gasteiger partial charge in [-0.15, -0.1) is 11.3 Å². The lowest BCUT2D eigenvalue weighted by molar-refractivity contribution is 0.581. The van der Waals surface area contributed by atoms with Gasteiger partial charge in [0.25, 0.3) is 0 Å². The molecule has 0 saturated heterocycles. The van der Waals surface area contributed by atoms with Gasteiger partial charge in [-0.1, -0.05) is 6.07 Å². The van der Waals surface area contributed by atoms with Crippen LogP contribution in [-0.4, -0.2) is 8.42 Å². The van der Waals surface area contributed by atoms with E-state index in [-0.39, 0.29) is 17.1 Å². The van der Waals surface area contributed by atoms with Crippen molar-refractivity contribution in [2.75, 3.05) is 5.73 Å². The second-order valence-electron chi connectivity index (χ2n) is 3.59. The van der Waals surface area contributed by atoms with E-state index in [0.29, 0.717) is 0 Å². The molecule has 1 heterocycles. The lowest BCUT2D eigenvalue weighted by Crippen LogP contribution is -2.23. The zero-order chi connectivity index (χ0) is 13.2. The molecule has 0 amide bonds. The van der Waals surface area contributed by atoms with Crippen LogP contribution in [0.25, 0.3) is 0 Å². The standard InChI is InChI=1S/C11H11FN2O2S2/c12-10-4-3-9(6-11(10)13)18(15,16)14-7-8-2-1-5-17-8/h1-6,14H,7,13H2. The number of hydrogen-bond acceptors (Lipinski definition) is 4. The number of nitrogens with one attached hydrogen (secondary N) is 1. The van der Waals surface area contributed by atoms with Crippen LogP contribution in [0, 0.1) is 5.82 Å². The highest BCUT2D eigenvalue weighted by Crippen LogP contribution is 2.17. The average Bonchev–Trinajstić information content (AvgIpc) is 2.83. The summed E-state index contributed by atoms with van der Waals surface area (Å²) in [6.45, 7) is 0.206. The van der Waals surface area contributed by atoms with Gasteiger partial charge in [-0.25, -0.2) is 17.5 Å². The molecule has 3 N–H and O–H groups in total. The minimum atomic E-state index is -3.67. The van der Waals surface area contributed by atoms with Crippen LogP contribution in [0.15, 0.2) is 40.6 Å². The van der Waals surface area contributed by atoms with Crippen molar-refractivity contribution in [1.82, 2.24) is 4.72 Å². The Kier molecular flexibility index (Phi) is 3.65. The van der Waals surface area contributed by atoms with Crippen molar-refractivity contribution in [3.8, 4) is 0 Å². The molecule has 7 heteroatoms. The first kappa shape index (κ1) is 13.0. The number of nitrogen functional groups attached to an aromatic ring is 1. The summed E-state index contributed by atoms with van der Waals surface area (Å²) in [6.07, 6.45) is 0. The Bertz CT molecular complexity index is 639. The van der Waals surface area contributed by atoms with E-state index in [4.69, 9.17) is 5.73 Å². The summed E-state index contributed by atoms with van der Waals surface area (Å²) >= 11 is 1.45. The molecule has 1 aromatic carbocycles. The molecule has 0 bridgehead atoms. The summed E-state index contributed by atoms with van der Waals surface area (Å²) in [4.78, 5) is 0.853. The van der Waals surface area contributed by atoms with E-state index in [1.54, 1.807) is 0 Å². The van der Waals surface area contributed by atoms with E-state index < -0.39 is 15.8 Å². The second kappa shape index (κ2) is 5.05. The van der Waals surface area contributed by atoms with Crippen molar-refractivity contribution in [2.45, 2.75) is 11.4 Å². The van der Waals surface area contributed by atoms with Gasteiger partial charge in [-0.3, -0.25) is 0 Å². The summed E-state index contributed by atoms with van der Waals surface area (Å²) in [7, 11) is -3.67. The maximum atomic E-state index is 13.0. The van der Waals surface area contributed by atoms with Gasteiger partial charge in [0.1, 0.15) is 5.82 Å². The van der Waals surface area contributed by atoms with Crippen molar-refractivity contribution in [2.24, 2.45) is 0 Å². The number of anilines is 1. The van der Waals surface area contributed by atoms with Crippen LogP contribution in [0.5, 0.6) is 0 Å². The van der Waals surface area contributed by atoms with Crippen LogP contribution in [-0.2, 0) is 16.6 Å². The molecule has 0 unspecified atom stereocenters. The SMILES string of the molecule is Nc1cc(S(=O)(=O)NCc2cccs2)ccc1F. The molecular weight excluding hydrogens is 275 g/mol. The Morgan fingerprint density at radius 1 is 1.33 bits per heavy atom. The van der Waals surface area contributed by atoms with Crippen molar-refractivity contribution < 1.29 is 12.8 Å². The van der Waals surface area contributed by atoms with Crippen LogP contribution in [0.3, 0.4) is 0 Å². The highest BCUT2D eigenvalue weighted by atomic mass is 32.2. The van der Waals surface area contributed by atoms with Gasteiger partial charge in [-0.2, -0.15) is 0 Å². The fourth-order valence-corrected chi connectivity index (χ4v) is 3.13. The first-order chi connectivity index (χ1) is 8.49. The predicted octanol–water partition coefficient (Wildman–Crippen LogP) is 1.95. The maximum Gasteiger partial charge on any atom is 0.240 e. The summed E-state index contributed by atoms with van der Waals surface area (Å²) in [5, 5.41) is 1.86. The largest absolute Gasteiger partial charge is 0.396 e. The first-order valence-corrected chi connectivity index (χ1v) is 7.42. The Balaban J connectivity index is 2.17. The van der Waals surface area contributed by atoms with E-state index in [1.165, 1.54) is 17.4 Å². The average molecular weight is 286 g/mol. The van der Waals surface area contributed by atoms with Gasteiger partial charge in [0.15, 0.2) is 0 Å². The van der Waals surface area contributed by atoms with E-state index in [0.717, 1.165) is 17.0 Å². The highest BCUT2D eigenvalue weighted by molar-refractivity contribution is 7.89. The normalized spacial score (nSPS) is 11.6. The molecular formula is C11H11FN2O2S2. The lowest BCUT2D eigenvalue weighted by atomic mass is 10.3. The molecule has 4 nitrogen and oxygen atoms in total. The number of hydrogen-bond donors (Lipinski definition) is 2. The number of thiophene rings is 1. The minimum Gasteiger partial charge on any atom is -0.396 e. The van der Waals surface area contributed by atoms with E-state index in [9.17, 15) is 12.8 Å². The number of sulfonamides is 1. The summed E-state index contributed by atoms with van der Waals surface area (Å²) < 4.78 is 39.2. The third kappa shape index (κ3) is 2.87. The van der Waals surface area contributed by atoms with Crippen LogP contribution in [0.1, 0.15) is 4.88 Å². The van der Waals surface area contributed by atoms with Crippen LogP contribution >= 0.6 is 11.3 Å². The van der Waals surface area contributed by atoms with Crippen LogP contribution in [0.2, 0.25) is 0 Å². The smallest absolute Gasteiger partial charge is 0.240 e. The Labute approximate surface area is 108 Å². The second-order valence-corrected chi connectivity index (χ2v) is 6.39. The molecule has 18 heavy (non-hydrogen) atoms. The predicted molar refractivity (Wildman–Crippen MR) is 69.2 cm³/mol. The molecule has 0 spiro atoms. The monoisotopic (exact) mass is 286 g/mol. The lowest BCUT2D eigenvalue weighted by Gasteiger charge is -2.06. The third-order valence-corrected chi connectivity index (χ3v) is 4.57. The van der Waals surface area contributed by atoms with Crippen molar-refractivity contribution in [3.05, 3.63) is 46.4 Å². The minimum absolute atomic E-state index is 0.0436. The van der Waals surface area contributed by atoms with Gasteiger partial charge < -0.3 is 5.73 Å². The van der Waals surface area contributed by atoms with Crippen molar-refractivity contribution >= 4 is 27.0 Å². The molecule has 96 valence electrons. The molecule has 2 rings (SSSR count). The number of benzene rings is 1. The van der Waals surface area contributed by atoms with Gasteiger partial charge >= 0.3 is 0 Å². The van der Waals surface area contributed by atoms with E-state index in [2.05, 4.69) is 4.72 Å². The molecule has 2 aromatic rings. The molecule has 0 radical (unpaired) electrons. The number of nitrogens with two attached hydrogens (primary N) is 1. The Morgan fingerprint density at radius 2 is 2.11 bits per heavy atom. The van der Waals surface area contributed by atoms with Gasteiger partial charge in [0.05, 0.1) is 10.6 Å². The molecule has 0 atom stereocenters. The molecule has 0 fully saturated rings. The van der Waals surface area contributed by atoms with Crippen molar-refractivity contribution in [3.63, 3.8) is 0 Å². The van der Waals surface area contributed by atoms with E-state index in [1.807, 2.05) is 17.5 Å². The first-order valence-electron chi connectivity index (χ1n) is 5.06. The van der Waals surface area contributed by atoms with Gasteiger partial charge in [0, 0.05) is 11.4 Å². The number of halogens is 1. The molecule has 0 aliphatic rings. The highest BCUT2D eigenvalue weighted by Gasteiger charge is 2.15. The topological polar surface area (TPSA) is 72.2 Å². The van der Waals surface area contributed by atoms with Gasteiger partial charge in [0.2, 0.25) is 10.0 Å². The molecule has 0 saturated carbocycles. The summed E-state index contributed by atoms with van der Waals surface area (Å²) in [6, 6.07) is 6.99. The molecule has 0 aliphatic carbocycles.